The van der Waals surface area contributed by atoms with E-state index in [0.29, 0.717) is 5.56 Å². The third-order valence-corrected chi connectivity index (χ3v) is 2.07. The van der Waals surface area contributed by atoms with Gasteiger partial charge in [-0.25, -0.2) is 5.84 Å². The third-order valence-electron chi connectivity index (χ3n) is 2.07. The quantitative estimate of drug-likeness (QED) is 0.249. The average Bonchev–Trinajstić information content (AvgIpc) is 2.27. The molecule has 0 atom stereocenters. The van der Waals surface area contributed by atoms with Gasteiger partial charge in [0.15, 0.2) is 0 Å². The maximum atomic E-state index is 11.2. The summed E-state index contributed by atoms with van der Waals surface area (Å²) in [5, 5.41) is 10.6. The van der Waals surface area contributed by atoms with Gasteiger partial charge in [-0.2, -0.15) is 0 Å². The highest BCUT2D eigenvalue weighted by Crippen LogP contribution is 2.17. The predicted octanol–water partition coefficient (Wildman–Crippen LogP) is 0.394. The first-order chi connectivity index (χ1) is 7.10. The van der Waals surface area contributed by atoms with Crippen molar-refractivity contribution in [1.29, 1.82) is 5.41 Å². The number of carbonyl (C=O) groups is 1. The number of hydrogen-bond donors (Lipinski definition) is 4. The lowest BCUT2D eigenvalue weighted by atomic mass is 10.0. The Balaban J connectivity index is 3.17. The van der Waals surface area contributed by atoms with E-state index >= 15 is 0 Å². The van der Waals surface area contributed by atoms with Crippen LogP contribution in [0.2, 0.25) is 0 Å². The molecule has 1 aromatic rings. The van der Waals surface area contributed by atoms with E-state index in [4.69, 9.17) is 11.3 Å². The fourth-order valence-corrected chi connectivity index (χ4v) is 1.28. The van der Waals surface area contributed by atoms with Crippen LogP contribution in [0.3, 0.4) is 0 Å². The molecular formula is C10H14N4O. The van der Waals surface area contributed by atoms with Crippen molar-refractivity contribution in [2.75, 3.05) is 12.4 Å². The summed E-state index contributed by atoms with van der Waals surface area (Å²) in [6, 6.07) is 5.50. The largest absolute Gasteiger partial charge is 0.388 e. The Morgan fingerprint density at radius 2 is 2.13 bits per heavy atom. The molecule has 0 aliphatic carbocycles. The zero-order valence-corrected chi connectivity index (χ0v) is 8.72. The van der Waals surface area contributed by atoms with E-state index in [1.54, 1.807) is 13.1 Å². The van der Waals surface area contributed by atoms with Crippen LogP contribution >= 0.6 is 0 Å². The van der Waals surface area contributed by atoms with Crippen LogP contribution in [0.25, 0.3) is 0 Å². The zero-order chi connectivity index (χ0) is 11.4. The van der Waals surface area contributed by atoms with E-state index in [9.17, 15) is 4.79 Å². The van der Waals surface area contributed by atoms with Gasteiger partial charge < -0.3 is 5.32 Å². The maximum absolute atomic E-state index is 11.2. The number of carbonyl (C=O) groups excluding carboxylic acids is 1. The molecule has 5 N–H and O–H groups in total. The minimum Gasteiger partial charge on any atom is -0.388 e. The van der Waals surface area contributed by atoms with Gasteiger partial charge in [0.2, 0.25) is 0 Å². The summed E-state index contributed by atoms with van der Waals surface area (Å²) >= 11 is 0. The number of amides is 1. The zero-order valence-electron chi connectivity index (χ0n) is 8.72. The summed E-state index contributed by atoms with van der Waals surface area (Å²) in [5.41, 5.74) is 4.05. The van der Waals surface area contributed by atoms with Gasteiger partial charge in [-0.3, -0.25) is 15.6 Å². The van der Waals surface area contributed by atoms with Crippen LogP contribution in [-0.4, -0.2) is 18.7 Å². The lowest BCUT2D eigenvalue weighted by Gasteiger charge is -2.10. The van der Waals surface area contributed by atoms with Crippen molar-refractivity contribution in [3.05, 3.63) is 29.3 Å². The molecule has 0 aliphatic heterocycles. The molecule has 0 bridgehead atoms. The first-order valence-electron chi connectivity index (χ1n) is 4.48. The Morgan fingerprint density at radius 1 is 1.47 bits per heavy atom. The minimum atomic E-state index is -0.600. The second-order valence-corrected chi connectivity index (χ2v) is 3.15. The van der Waals surface area contributed by atoms with Crippen LogP contribution in [0.1, 0.15) is 11.1 Å². The summed E-state index contributed by atoms with van der Waals surface area (Å²) in [5.74, 6) is 4.38. The Bertz CT molecular complexity index is 400. The van der Waals surface area contributed by atoms with E-state index in [0.717, 1.165) is 11.3 Å². The van der Waals surface area contributed by atoms with Crippen LogP contribution in [0, 0.1) is 12.3 Å². The highest BCUT2D eigenvalue weighted by Gasteiger charge is 2.13. The molecule has 15 heavy (non-hydrogen) atoms. The minimum absolute atomic E-state index is 0.148. The molecule has 0 saturated carbocycles. The summed E-state index contributed by atoms with van der Waals surface area (Å²) in [4.78, 5) is 11.2. The van der Waals surface area contributed by atoms with Gasteiger partial charge in [-0.05, 0) is 19.1 Å². The molecule has 1 rings (SSSR count). The van der Waals surface area contributed by atoms with Crippen molar-refractivity contribution in [1.82, 2.24) is 5.43 Å². The van der Waals surface area contributed by atoms with Crippen LogP contribution in [0.5, 0.6) is 0 Å². The van der Waals surface area contributed by atoms with Gasteiger partial charge in [0.05, 0.1) is 0 Å². The number of hydrazine groups is 1. The molecule has 0 saturated heterocycles. The second-order valence-electron chi connectivity index (χ2n) is 3.15. The van der Waals surface area contributed by atoms with Crippen molar-refractivity contribution in [3.8, 4) is 0 Å². The number of aryl methyl sites for hydroxylation is 1. The molecule has 5 nitrogen and oxygen atoms in total. The Morgan fingerprint density at radius 3 is 2.67 bits per heavy atom. The number of anilines is 1. The number of benzene rings is 1. The third kappa shape index (κ3) is 2.32. The van der Waals surface area contributed by atoms with Crippen LogP contribution in [0.4, 0.5) is 5.69 Å². The number of nitrogens with two attached hydrogens (primary N) is 1. The number of hydrogen-bond acceptors (Lipinski definition) is 4. The van der Waals surface area contributed by atoms with E-state index in [2.05, 4.69) is 5.32 Å². The van der Waals surface area contributed by atoms with Crippen molar-refractivity contribution < 1.29 is 4.79 Å². The van der Waals surface area contributed by atoms with E-state index in [1.165, 1.54) is 0 Å². The molecule has 0 unspecified atom stereocenters. The fourth-order valence-electron chi connectivity index (χ4n) is 1.28. The monoisotopic (exact) mass is 206 g/mol. The highest BCUT2D eigenvalue weighted by molar-refractivity contribution is 6.45. The summed E-state index contributed by atoms with van der Waals surface area (Å²) in [7, 11) is 1.74. The predicted molar refractivity (Wildman–Crippen MR) is 59.9 cm³/mol. The second kappa shape index (κ2) is 4.56. The van der Waals surface area contributed by atoms with E-state index in [-0.39, 0.29) is 5.71 Å². The molecule has 0 spiro atoms. The lowest BCUT2D eigenvalue weighted by Crippen LogP contribution is -2.36. The molecule has 1 amide bonds. The summed E-state index contributed by atoms with van der Waals surface area (Å²) in [6.45, 7) is 1.90. The van der Waals surface area contributed by atoms with Crippen molar-refractivity contribution in [2.24, 2.45) is 5.84 Å². The van der Waals surface area contributed by atoms with Gasteiger partial charge in [-0.1, -0.05) is 11.6 Å². The van der Waals surface area contributed by atoms with Crippen molar-refractivity contribution in [3.63, 3.8) is 0 Å². The molecule has 1 aromatic carbocycles. The van der Waals surface area contributed by atoms with Crippen molar-refractivity contribution >= 4 is 17.3 Å². The highest BCUT2D eigenvalue weighted by atomic mass is 16.2. The molecule has 80 valence electrons. The maximum Gasteiger partial charge on any atom is 0.283 e. The molecular weight excluding hydrogens is 192 g/mol. The number of nitrogens with one attached hydrogen (secondary N) is 3. The molecule has 0 heterocycles. The first kappa shape index (κ1) is 11.2. The fraction of sp³-hybridized carbons (Fsp3) is 0.200. The van der Waals surface area contributed by atoms with Crippen molar-refractivity contribution in [2.45, 2.75) is 6.92 Å². The molecule has 0 aromatic heterocycles. The normalized spacial score (nSPS) is 9.53. The van der Waals surface area contributed by atoms with E-state index < -0.39 is 5.91 Å². The molecule has 5 heteroatoms. The summed E-state index contributed by atoms with van der Waals surface area (Å²) < 4.78 is 0. The van der Waals surface area contributed by atoms with Gasteiger partial charge in [-0.15, -0.1) is 0 Å². The van der Waals surface area contributed by atoms with Gasteiger partial charge >= 0.3 is 0 Å². The van der Waals surface area contributed by atoms with Crippen LogP contribution < -0.4 is 16.6 Å². The van der Waals surface area contributed by atoms with Gasteiger partial charge in [0, 0.05) is 18.3 Å². The number of rotatable bonds is 3. The Kier molecular flexibility index (Phi) is 3.41. The van der Waals surface area contributed by atoms with E-state index in [1.807, 2.05) is 24.5 Å². The summed E-state index contributed by atoms with van der Waals surface area (Å²) in [6.07, 6.45) is 0. The van der Waals surface area contributed by atoms with Crippen LogP contribution in [-0.2, 0) is 4.79 Å². The lowest BCUT2D eigenvalue weighted by molar-refractivity contribution is -0.114. The smallest absolute Gasteiger partial charge is 0.283 e. The molecule has 0 aliphatic rings. The first-order valence-corrected chi connectivity index (χ1v) is 4.48. The Hall–Kier alpha value is -1.88. The standard InChI is InChI=1S/C10H14N4O/c1-6-3-4-8(13-2)7(5-6)9(11)10(15)14-12/h3-5,11,13H,12H2,1-2H3,(H,14,15). The van der Waals surface area contributed by atoms with Gasteiger partial charge in [0.25, 0.3) is 5.91 Å². The SMILES string of the molecule is CNc1ccc(C)cc1C(=N)C(=O)NN. The average molecular weight is 206 g/mol. The molecule has 0 fully saturated rings. The molecule has 0 radical (unpaired) electrons. The van der Waals surface area contributed by atoms with Gasteiger partial charge in [0.1, 0.15) is 5.71 Å². The Labute approximate surface area is 88.1 Å². The topological polar surface area (TPSA) is 91.0 Å². The van der Waals surface area contributed by atoms with Crippen LogP contribution in [0.15, 0.2) is 18.2 Å².